The third-order valence-corrected chi connectivity index (χ3v) is 5.23. The van der Waals surface area contributed by atoms with Crippen molar-refractivity contribution < 1.29 is 24.1 Å². The van der Waals surface area contributed by atoms with Crippen molar-refractivity contribution in [1.82, 2.24) is 9.88 Å². The summed E-state index contributed by atoms with van der Waals surface area (Å²) in [4.78, 5) is 17.9. The van der Waals surface area contributed by atoms with Gasteiger partial charge in [0.2, 0.25) is 0 Å². The van der Waals surface area contributed by atoms with Gasteiger partial charge in [-0.2, -0.15) is 0 Å². The van der Waals surface area contributed by atoms with Crippen LogP contribution in [0.1, 0.15) is 25.0 Å². The molecule has 27 heavy (non-hydrogen) atoms. The lowest BCUT2D eigenvalue weighted by Crippen LogP contribution is -2.53. The van der Waals surface area contributed by atoms with Crippen LogP contribution in [0.5, 0.6) is 11.5 Å². The molecule has 0 unspecified atom stereocenters. The summed E-state index contributed by atoms with van der Waals surface area (Å²) in [6.45, 7) is 3.56. The molecule has 2 aromatic rings. The maximum atomic E-state index is 12.5. The van der Waals surface area contributed by atoms with Crippen LogP contribution in [-0.4, -0.2) is 47.6 Å². The molecule has 2 atom stereocenters. The molecule has 0 radical (unpaired) electrons. The average molecular weight is 372 g/mol. The Balaban J connectivity index is 1.80. The number of methoxy groups -OCH3 is 2. The summed E-state index contributed by atoms with van der Waals surface area (Å²) < 4.78 is 16.1. The van der Waals surface area contributed by atoms with Crippen molar-refractivity contribution in [2.45, 2.75) is 31.6 Å². The molecular weight excluding hydrogens is 348 g/mol. The van der Waals surface area contributed by atoms with Gasteiger partial charge in [-0.05, 0) is 44.0 Å². The van der Waals surface area contributed by atoms with Crippen molar-refractivity contribution in [1.29, 1.82) is 0 Å². The number of aliphatic hydroxyl groups is 1. The minimum absolute atomic E-state index is 0.289. The number of benzene rings is 1. The van der Waals surface area contributed by atoms with E-state index in [1.165, 1.54) is 4.90 Å². The van der Waals surface area contributed by atoms with E-state index in [2.05, 4.69) is 4.98 Å². The Hall–Kier alpha value is -2.80. The van der Waals surface area contributed by atoms with E-state index in [0.29, 0.717) is 23.5 Å². The van der Waals surface area contributed by atoms with Gasteiger partial charge in [0.15, 0.2) is 22.8 Å². The highest BCUT2D eigenvalue weighted by atomic mass is 16.6. The number of ether oxygens (including phenoxy) is 3. The van der Waals surface area contributed by atoms with Gasteiger partial charge in [-0.1, -0.05) is 12.1 Å². The third-order valence-electron chi connectivity index (χ3n) is 5.23. The van der Waals surface area contributed by atoms with Gasteiger partial charge in [0.05, 0.1) is 14.2 Å². The maximum Gasteiger partial charge on any atom is 0.413 e. The average Bonchev–Trinajstić information content (AvgIpc) is 2.85. The van der Waals surface area contributed by atoms with Gasteiger partial charge >= 0.3 is 6.09 Å². The van der Waals surface area contributed by atoms with Gasteiger partial charge in [-0.15, -0.1) is 0 Å². The Labute approximate surface area is 158 Å². The summed E-state index contributed by atoms with van der Waals surface area (Å²) in [7, 11) is 3.15. The highest BCUT2D eigenvalue weighted by molar-refractivity contribution is 5.72. The van der Waals surface area contributed by atoms with Crippen molar-refractivity contribution in [3.8, 4) is 11.5 Å². The monoisotopic (exact) mass is 372 g/mol. The van der Waals surface area contributed by atoms with Crippen molar-refractivity contribution >= 4 is 6.09 Å². The number of aromatic nitrogens is 1. The van der Waals surface area contributed by atoms with E-state index in [1.54, 1.807) is 52.6 Å². The third kappa shape index (κ3) is 3.19. The second-order valence-electron chi connectivity index (χ2n) is 6.75. The highest BCUT2D eigenvalue weighted by Crippen LogP contribution is 2.44. The zero-order valence-electron chi connectivity index (χ0n) is 15.9. The minimum atomic E-state index is -1.52. The van der Waals surface area contributed by atoms with Gasteiger partial charge < -0.3 is 19.3 Å². The molecule has 1 saturated heterocycles. The van der Waals surface area contributed by atoms with E-state index < -0.39 is 17.4 Å². The van der Waals surface area contributed by atoms with Crippen LogP contribution < -0.4 is 9.47 Å². The van der Waals surface area contributed by atoms with Gasteiger partial charge in [0, 0.05) is 24.5 Å². The number of pyridine rings is 1. The van der Waals surface area contributed by atoms with Crippen LogP contribution in [0.25, 0.3) is 0 Å². The molecule has 1 N–H and O–H groups in total. The number of rotatable bonds is 6. The first-order valence-corrected chi connectivity index (χ1v) is 8.68. The Kier molecular flexibility index (Phi) is 4.97. The molecule has 1 aliphatic heterocycles. The molecular formula is C20H24N2O5. The number of hydrogen-bond donors (Lipinski definition) is 1. The van der Waals surface area contributed by atoms with E-state index in [4.69, 9.17) is 14.2 Å². The van der Waals surface area contributed by atoms with Crippen LogP contribution in [0.15, 0.2) is 42.7 Å². The second kappa shape index (κ2) is 7.08. The summed E-state index contributed by atoms with van der Waals surface area (Å²) in [5, 5.41) is 11.2. The summed E-state index contributed by atoms with van der Waals surface area (Å²) >= 11 is 0. The molecule has 0 saturated carbocycles. The van der Waals surface area contributed by atoms with E-state index in [1.807, 2.05) is 18.2 Å². The predicted octanol–water partition coefficient (Wildman–Crippen LogP) is 2.72. The molecule has 7 nitrogen and oxygen atoms in total. The van der Waals surface area contributed by atoms with E-state index in [0.717, 1.165) is 5.56 Å². The van der Waals surface area contributed by atoms with Crippen LogP contribution in [0.4, 0.5) is 4.79 Å². The van der Waals surface area contributed by atoms with Gasteiger partial charge in [-0.25, -0.2) is 4.79 Å². The summed E-state index contributed by atoms with van der Waals surface area (Å²) in [5.41, 5.74) is -1.15. The first-order chi connectivity index (χ1) is 12.8. The molecule has 0 bridgehead atoms. The number of nitrogens with zero attached hydrogens (tertiary/aromatic N) is 2. The van der Waals surface area contributed by atoms with Crippen molar-refractivity contribution in [3.05, 3.63) is 53.9 Å². The Bertz CT molecular complexity index is 824. The highest BCUT2D eigenvalue weighted by Gasteiger charge is 2.60. The van der Waals surface area contributed by atoms with Gasteiger partial charge in [0.25, 0.3) is 0 Å². The fourth-order valence-electron chi connectivity index (χ4n) is 3.33. The molecule has 1 aliphatic rings. The molecule has 0 aliphatic carbocycles. The number of hydrogen-bond acceptors (Lipinski definition) is 6. The van der Waals surface area contributed by atoms with E-state index in [-0.39, 0.29) is 6.54 Å². The SMILES string of the molecule is COc1ccc(CCN2C(=O)O[C@@](C)(c3cccnc3)[C@@]2(C)O)cc1OC. The fourth-order valence-corrected chi connectivity index (χ4v) is 3.33. The molecule has 0 spiro atoms. The number of carbonyl (C=O) groups is 1. The smallest absolute Gasteiger partial charge is 0.413 e. The van der Waals surface area contributed by atoms with Crippen molar-refractivity contribution in [3.63, 3.8) is 0 Å². The Morgan fingerprint density at radius 3 is 2.56 bits per heavy atom. The summed E-state index contributed by atoms with van der Waals surface area (Å²) in [5.74, 6) is 1.25. The summed E-state index contributed by atoms with van der Waals surface area (Å²) in [6.07, 6.45) is 3.19. The maximum absolute atomic E-state index is 12.5. The molecule has 1 aromatic carbocycles. The molecule has 144 valence electrons. The summed E-state index contributed by atoms with van der Waals surface area (Å²) in [6, 6.07) is 9.10. The standard InChI is InChI=1S/C20H24N2O5/c1-19(15-6-5-10-21-13-15)20(2,24)22(18(23)27-19)11-9-14-7-8-16(25-3)17(12-14)26-4/h5-8,10,12-13,24H,9,11H2,1-4H3/t19-,20+/m0/s1. The van der Waals surface area contributed by atoms with Crippen molar-refractivity contribution in [2.24, 2.45) is 0 Å². The van der Waals surface area contributed by atoms with Crippen LogP contribution in [0, 0.1) is 0 Å². The number of carbonyl (C=O) groups excluding carboxylic acids is 1. The lowest BCUT2D eigenvalue weighted by Gasteiger charge is -2.37. The molecule has 1 aromatic heterocycles. The molecule has 2 heterocycles. The topological polar surface area (TPSA) is 81.1 Å². The first kappa shape index (κ1) is 19.0. The molecule has 3 rings (SSSR count). The zero-order chi connectivity index (χ0) is 19.7. The number of amides is 1. The zero-order valence-corrected chi connectivity index (χ0v) is 15.9. The van der Waals surface area contributed by atoms with Crippen molar-refractivity contribution in [2.75, 3.05) is 20.8 Å². The molecule has 7 heteroatoms. The van der Waals surface area contributed by atoms with Gasteiger partial charge in [0.1, 0.15) is 0 Å². The van der Waals surface area contributed by atoms with Crippen LogP contribution in [0.2, 0.25) is 0 Å². The van der Waals surface area contributed by atoms with Crippen LogP contribution in [0.3, 0.4) is 0 Å². The quantitative estimate of drug-likeness (QED) is 0.840. The lowest BCUT2D eigenvalue weighted by atomic mass is 9.86. The van der Waals surface area contributed by atoms with E-state index in [9.17, 15) is 9.90 Å². The lowest BCUT2D eigenvalue weighted by molar-refractivity contribution is -0.140. The first-order valence-electron chi connectivity index (χ1n) is 8.68. The number of cyclic esters (lactones) is 1. The van der Waals surface area contributed by atoms with E-state index >= 15 is 0 Å². The van der Waals surface area contributed by atoms with Crippen LogP contribution in [-0.2, 0) is 16.8 Å². The predicted molar refractivity (Wildman–Crippen MR) is 98.6 cm³/mol. The Morgan fingerprint density at radius 1 is 1.19 bits per heavy atom. The molecule has 1 amide bonds. The normalized spacial score (nSPS) is 24.6. The molecule has 1 fully saturated rings. The minimum Gasteiger partial charge on any atom is -0.493 e. The van der Waals surface area contributed by atoms with Crippen LogP contribution >= 0.6 is 0 Å². The fraction of sp³-hybridized carbons (Fsp3) is 0.400. The Morgan fingerprint density at radius 2 is 1.93 bits per heavy atom. The second-order valence-corrected chi connectivity index (χ2v) is 6.75. The largest absolute Gasteiger partial charge is 0.493 e. The van der Waals surface area contributed by atoms with Gasteiger partial charge in [-0.3, -0.25) is 9.88 Å².